The number of phenols is 1. The zero-order valence-electron chi connectivity index (χ0n) is 15.8. The SMILES string of the molecule is COc1cccc(C(=O)/C=C/c2ccc3c(c2O)C=CC(C)(C)O3)c1OC. The second-order valence-electron chi connectivity index (χ2n) is 6.69. The zero-order chi connectivity index (χ0) is 19.6. The molecule has 5 nitrogen and oxygen atoms in total. The van der Waals surface area contributed by atoms with Gasteiger partial charge in [0.2, 0.25) is 0 Å². The Kier molecular flexibility index (Phi) is 4.95. The molecule has 0 aromatic heterocycles. The first-order chi connectivity index (χ1) is 12.9. The Balaban J connectivity index is 1.91. The second-order valence-corrected chi connectivity index (χ2v) is 6.69. The van der Waals surface area contributed by atoms with E-state index in [1.54, 1.807) is 36.4 Å². The lowest BCUT2D eigenvalue weighted by Crippen LogP contribution is -2.27. The van der Waals surface area contributed by atoms with Gasteiger partial charge in [-0.25, -0.2) is 0 Å². The first kappa shape index (κ1) is 18.6. The predicted molar refractivity (Wildman–Crippen MR) is 105 cm³/mol. The minimum Gasteiger partial charge on any atom is -0.507 e. The van der Waals surface area contributed by atoms with Gasteiger partial charge in [-0.05, 0) is 62.4 Å². The van der Waals surface area contributed by atoms with Gasteiger partial charge in [0.15, 0.2) is 17.3 Å². The van der Waals surface area contributed by atoms with Crippen molar-refractivity contribution in [2.45, 2.75) is 19.4 Å². The summed E-state index contributed by atoms with van der Waals surface area (Å²) in [7, 11) is 3.01. The summed E-state index contributed by atoms with van der Waals surface area (Å²) in [6.45, 7) is 3.88. The number of carbonyl (C=O) groups excluding carboxylic acids is 1. The van der Waals surface area contributed by atoms with E-state index in [-0.39, 0.29) is 11.5 Å². The van der Waals surface area contributed by atoms with Crippen LogP contribution in [-0.2, 0) is 0 Å². The van der Waals surface area contributed by atoms with Crippen LogP contribution in [-0.4, -0.2) is 30.7 Å². The maximum atomic E-state index is 12.6. The molecule has 0 saturated carbocycles. The third-order valence-electron chi connectivity index (χ3n) is 4.32. The molecule has 1 N–H and O–H groups in total. The predicted octanol–water partition coefficient (Wildman–Crippen LogP) is 4.49. The molecule has 0 spiro atoms. The van der Waals surface area contributed by atoms with Crippen molar-refractivity contribution in [2.75, 3.05) is 14.2 Å². The Bertz CT molecular complexity index is 938. The summed E-state index contributed by atoms with van der Waals surface area (Å²) in [6.07, 6.45) is 6.69. The van der Waals surface area contributed by atoms with Gasteiger partial charge in [0.1, 0.15) is 17.1 Å². The average molecular weight is 366 g/mol. The van der Waals surface area contributed by atoms with E-state index >= 15 is 0 Å². The summed E-state index contributed by atoms with van der Waals surface area (Å²) in [5, 5.41) is 10.5. The van der Waals surface area contributed by atoms with Crippen molar-refractivity contribution >= 4 is 17.9 Å². The monoisotopic (exact) mass is 366 g/mol. The Morgan fingerprint density at radius 3 is 2.63 bits per heavy atom. The van der Waals surface area contributed by atoms with E-state index in [1.807, 2.05) is 26.0 Å². The molecular weight excluding hydrogens is 344 g/mol. The molecule has 0 amide bonds. The number of allylic oxidation sites excluding steroid dienone is 1. The Morgan fingerprint density at radius 1 is 1.15 bits per heavy atom. The number of rotatable bonds is 5. The fourth-order valence-corrected chi connectivity index (χ4v) is 2.93. The van der Waals surface area contributed by atoms with Crippen molar-refractivity contribution in [1.82, 2.24) is 0 Å². The minimum atomic E-state index is -0.421. The molecule has 0 saturated heterocycles. The molecule has 0 unspecified atom stereocenters. The number of ether oxygens (including phenoxy) is 3. The van der Waals surface area contributed by atoms with Gasteiger partial charge in [0.25, 0.3) is 0 Å². The first-order valence-corrected chi connectivity index (χ1v) is 8.54. The Hall–Kier alpha value is -3.21. The number of fused-ring (bicyclic) bond motifs is 1. The van der Waals surface area contributed by atoms with Gasteiger partial charge in [-0.3, -0.25) is 4.79 Å². The number of carbonyl (C=O) groups is 1. The molecule has 0 bridgehead atoms. The van der Waals surface area contributed by atoms with Crippen molar-refractivity contribution in [3.8, 4) is 23.0 Å². The molecule has 2 aromatic rings. The number of aromatic hydroxyl groups is 1. The smallest absolute Gasteiger partial charge is 0.189 e. The van der Waals surface area contributed by atoms with Crippen molar-refractivity contribution < 1.29 is 24.1 Å². The second kappa shape index (κ2) is 7.19. The lowest BCUT2D eigenvalue weighted by molar-refractivity contribution is 0.104. The van der Waals surface area contributed by atoms with Crippen LogP contribution in [0.2, 0.25) is 0 Å². The standard InChI is InChI=1S/C22H22O5/c1-22(2)13-12-16-18(27-22)11-9-14(20(16)24)8-10-17(23)15-6-5-7-19(25-3)21(15)26-4/h5-13,24H,1-4H3/b10-8+. The molecule has 0 fully saturated rings. The van der Waals surface area contributed by atoms with Gasteiger partial charge in [-0.1, -0.05) is 6.07 Å². The van der Waals surface area contributed by atoms with Crippen LogP contribution in [0, 0.1) is 0 Å². The van der Waals surface area contributed by atoms with Crippen molar-refractivity contribution in [3.05, 3.63) is 59.2 Å². The molecule has 140 valence electrons. The van der Waals surface area contributed by atoms with E-state index in [4.69, 9.17) is 14.2 Å². The highest BCUT2D eigenvalue weighted by Gasteiger charge is 2.24. The number of para-hydroxylation sites is 1. The number of methoxy groups -OCH3 is 2. The van der Waals surface area contributed by atoms with Gasteiger partial charge in [0, 0.05) is 5.56 Å². The van der Waals surface area contributed by atoms with E-state index in [1.165, 1.54) is 20.3 Å². The fraction of sp³-hybridized carbons (Fsp3) is 0.227. The van der Waals surface area contributed by atoms with Crippen molar-refractivity contribution in [3.63, 3.8) is 0 Å². The topological polar surface area (TPSA) is 65.0 Å². The van der Waals surface area contributed by atoms with Crippen LogP contribution in [0.1, 0.15) is 35.3 Å². The first-order valence-electron chi connectivity index (χ1n) is 8.54. The van der Waals surface area contributed by atoms with Crippen LogP contribution >= 0.6 is 0 Å². The molecular formula is C22H22O5. The van der Waals surface area contributed by atoms with E-state index in [2.05, 4.69) is 0 Å². The maximum Gasteiger partial charge on any atom is 0.189 e. The summed E-state index contributed by atoms with van der Waals surface area (Å²) < 4.78 is 16.4. The van der Waals surface area contributed by atoms with E-state index in [9.17, 15) is 9.90 Å². The molecule has 27 heavy (non-hydrogen) atoms. The van der Waals surface area contributed by atoms with Crippen LogP contribution in [0.3, 0.4) is 0 Å². The van der Waals surface area contributed by atoms with E-state index in [0.29, 0.717) is 33.9 Å². The van der Waals surface area contributed by atoms with Crippen LogP contribution in [0.5, 0.6) is 23.0 Å². The minimum absolute atomic E-state index is 0.0703. The number of hydrogen-bond acceptors (Lipinski definition) is 5. The summed E-state index contributed by atoms with van der Waals surface area (Å²) in [4.78, 5) is 12.6. The van der Waals surface area contributed by atoms with E-state index < -0.39 is 5.60 Å². The summed E-state index contributed by atoms with van der Waals surface area (Å²) in [6, 6.07) is 8.62. The molecule has 1 heterocycles. The average Bonchev–Trinajstić information content (AvgIpc) is 2.65. The number of ketones is 1. The molecule has 3 rings (SSSR count). The molecule has 0 atom stereocenters. The molecule has 1 aliphatic rings. The number of benzene rings is 2. The van der Waals surface area contributed by atoms with Gasteiger partial charge < -0.3 is 19.3 Å². The van der Waals surface area contributed by atoms with Gasteiger partial charge in [-0.15, -0.1) is 0 Å². The quantitative estimate of drug-likeness (QED) is 0.624. The third-order valence-corrected chi connectivity index (χ3v) is 4.32. The van der Waals surface area contributed by atoms with Gasteiger partial charge in [-0.2, -0.15) is 0 Å². The lowest BCUT2D eigenvalue weighted by atomic mass is 9.99. The lowest BCUT2D eigenvalue weighted by Gasteiger charge is -2.28. The summed E-state index contributed by atoms with van der Waals surface area (Å²) in [5.74, 6) is 1.29. The molecule has 0 radical (unpaired) electrons. The zero-order valence-corrected chi connectivity index (χ0v) is 15.8. The Labute approximate surface area is 158 Å². The largest absolute Gasteiger partial charge is 0.507 e. The summed E-state index contributed by atoms with van der Waals surface area (Å²) in [5.41, 5.74) is 1.09. The molecule has 5 heteroatoms. The normalized spacial score (nSPS) is 14.5. The molecule has 2 aromatic carbocycles. The van der Waals surface area contributed by atoms with Crippen molar-refractivity contribution in [1.29, 1.82) is 0 Å². The highest BCUT2D eigenvalue weighted by molar-refractivity contribution is 6.09. The van der Waals surface area contributed by atoms with Crippen LogP contribution in [0.25, 0.3) is 12.2 Å². The summed E-state index contributed by atoms with van der Waals surface area (Å²) >= 11 is 0. The fourth-order valence-electron chi connectivity index (χ4n) is 2.93. The van der Waals surface area contributed by atoms with Gasteiger partial charge >= 0.3 is 0 Å². The van der Waals surface area contributed by atoms with Crippen molar-refractivity contribution in [2.24, 2.45) is 0 Å². The highest BCUT2D eigenvalue weighted by Crippen LogP contribution is 2.39. The molecule has 1 aliphatic heterocycles. The van der Waals surface area contributed by atoms with Crippen LogP contribution in [0.15, 0.2) is 42.5 Å². The Morgan fingerprint density at radius 2 is 1.93 bits per heavy atom. The van der Waals surface area contributed by atoms with Crippen LogP contribution < -0.4 is 14.2 Å². The van der Waals surface area contributed by atoms with Gasteiger partial charge in [0.05, 0.1) is 25.3 Å². The van der Waals surface area contributed by atoms with E-state index in [0.717, 1.165) is 0 Å². The highest BCUT2D eigenvalue weighted by atomic mass is 16.5. The number of hydrogen-bond donors (Lipinski definition) is 1. The van der Waals surface area contributed by atoms with Crippen LogP contribution in [0.4, 0.5) is 0 Å². The molecule has 0 aliphatic carbocycles. The third kappa shape index (κ3) is 3.67. The maximum absolute atomic E-state index is 12.6. The number of phenolic OH excluding ortho intramolecular Hbond substituents is 1.